The van der Waals surface area contributed by atoms with Crippen molar-refractivity contribution in [3.05, 3.63) is 10.5 Å². The highest BCUT2D eigenvalue weighted by molar-refractivity contribution is 9.09. The molecule has 6 heteroatoms. The van der Waals surface area contributed by atoms with Crippen LogP contribution in [0.25, 0.3) is 0 Å². The van der Waals surface area contributed by atoms with Gasteiger partial charge in [-0.15, -0.1) is 0 Å². The lowest BCUT2D eigenvalue weighted by Crippen LogP contribution is -2.25. The molecule has 1 aromatic rings. The van der Waals surface area contributed by atoms with Gasteiger partial charge in [-0.1, -0.05) is 15.9 Å². The second-order valence-electron chi connectivity index (χ2n) is 1.40. The number of tetrazole rings is 1. The Balaban J connectivity index is 3.46. The van der Waals surface area contributed by atoms with Gasteiger partial charge in [-0.2, -0.15) is 9.36 Å². The van der Waals surface area contributed by atoms with Crippen molar-refractivity contribution in [2.75, 3.05) is 5.28 Å². The molecule has 5 nitrogen and oxygen atoms in total. The first-order chi connectivity index (χ1) is 8.64. The van der Waals surface area contributed by atoms with Crippen LogP contribution in [0.4, 0.5) is 0 Å². The SMILES string of the molecule is [2H]C([2H])([2H])C([2H])([2H])n1nnn(C([2H])([2H])C([2H])([2H])Br)c1=O. The molecule has 0 aliphatic rings. The summed E-state index contributed by atoms with van der Waals surface area (Å²) in [6, 6.07) is 0. The molecular formula is C5H9BrN4O. The van der Waals surface area contributed by atoms with Gasteiger partial charge in [0.05, 0.1) is 12.0 Å². The van der Waals surface area contributed by atoms with Crippen molar-refractivity contribution in [3.8, 4) is 0 Å². The van der Waals surface area contributed by atoms with E-state index < -0.39 is 30.8 Å². The fourth-order valence-electron chi connectivity index (χ4n) is 0.427. The summed E-state index contributed by atoms with van der Waals surface area (Å²) in [6.45, 7) is -9.46. The molecule has 1 rings (SSSR count). The maximum Gasteiger partial charge on any atom is 0.363 e. The minimum absolute atomic E-state index is 0.0642. The van der Waals surface area contributed by atoms with Gasteiger partial charge in [-0.05, 0) is 17.3 Å². The molecule has 62 valence electrons. The van der Waals surface area contributed by atoms with Crippen LogP contribution in [0, 0.1) is 0 Å². The van der Waals surface area contributed by atoms with E-state index in [9.17, 15) is 4.79 Å². The molecule has 0 amide bonds. The summed E-state index contributed by atoms with van der Waals surface area (Å²) in [7, 11) is 0. The third-order valence-corrected chi connectivity index (χ3v) is 1.01. The number of rotatable bonds is 3. The van der Waals surface area contributed by atoms with Crippen molar-refractivity contribution < 1.29 is 12.3 Å². The number of hydrogen-bond donors (Lipinski definition) is 0. The molecule has 0 saturated heterocycles. The van der Waals surface area contributed by atoms with E-state index in [4.69, 9.17) is 12.3 Å². The van der Waals surface area contributed by atoms with E-state index in [1.807, 2.05) is 0 Å². The number of alkyl halides is 1. The molecule has 0 spiro atoms. The Hall–Kier alpha value is -0.650. The van der Waals surface area contributed by atoms with Crippen LogP contribution in [0.1, 0.15) is 19.2 Å². The van der Waals surface area contributed by atoms with Gasteiger partial charge in [-0.3, -0.25) is 0 Å². The van der Waals surface area contributed by atoms with Gasteiger partial charge in [0.2, 0.25) is 0 Å². The largest absolute Gasteiger partial charge is 0.363 e. The first kappa shape index (κ1) is 2.42. The summed E-state index contributed by atoms with van der Waals surface area (Å²) < 4.78 is 64.9. The van der Waals surface area contributed by atoms with E-state index in [1.54, 1.807) is 0 Å². The molecule has 1 aromatic heterocycles. The smallest absolute Gasteiger partial charge is 0.244 e. The Bertz CT molecular complexity index is 507. The summed E-state index contributed by atoms with van der Waals surface area (Å²) in [4.78, 5) is 11.8. The van der Waals surface area contributed by atoms with Gasteiger partial charge >= 0.3 is 5.69 Å². The molecule has 0 aliphatic heterocycles. The maximum atomic E-state index is 11.8. The molecular weight excluding hydrogens is 212 g/mol. The molecule has 1 heterocycles. The van der Waals surface area contributed by atoms with Gasteiger partial charge in [-0.25, -0.2) is 4.79 Å². The molecule has 0 fully saturated rings. The van der Waals surface area contributed by atoms with E-state index in [0.29, 0.717) is 0 Å². The topological polar surface area (TPSA) is 52.7 Å². The number of halogens is 1. The zero-order chi connectivity index (χ0) is 16.1. The lowest BCUT2D eigenvalue weighted by atomic mass is 10.7. The van der Waals surface area contributed by atoms with Crippen LogP contribution in [-0.4, -0.2) is 25.1 Å². The lowest BCUT2D eigenvalue weighted by Gasteiger charge is -1.90. The van der Waals surface area contributed by atoms with E-state index in [-0.39, 0.29) is 9.36 Å². The summed E-state index contributed by atoms with van der Waals surface area (Å²) in [5.74, 6) is 0. The van der Waals surface area contributed by atoms with Gasteiger partial charge in [0.15, 0.2) is 0 Å². The minimum atomic E-state index is -3.24. The number of aryl methyl sites for hydroxylation is 2. The predicted octanol–water partition coefficient (Wildman–Crippen LogP) is -0.145. The van der Waals surface area contributed by atoms with E-state index in [0.717, 1.165) is 0 Å². The highest BCUT2D eigenvalue weighted by Gasteiger charge is 2.02. The van der Waals surface area contributed by atoms with Gasteiger partial charge in [0, 0.05) is 18.6 Å². The quantitative estimate of drug-likeness (QED) is 0.679. The molecule has 0 atom stereocenters. The number of aromatic nitrogens is 4. The van der Waals surface area contributed by atoms with Gasteiger partial charge in [0.1, 0.15) is 0 Å². The first-order valence-corrected chi connectivity index (χ1v) is 3.18. The fourth-order valence-corrected chi connectivity index (χ4v) is 0.595. The van der Waals surface area contributed by atoms with Crippen LogP contribution in [0.3, 0.4) is 0 Å². The van der Waals surface area contributed by atoms with Crippen molar-refractivity contribution in [1.29, 1.82) is 0 Å². The second-order valence-corrected chi connectivity index (χ2v) is 1.80. The van der Waals surface area contributed by atoms with E-state index in [2.05, 4.69) is 26.4 Å². The Morgan fingerprint density at radius 1 is 1.73 bits per heavy atom. The summed E-state index contributed by atoms with van der Waals surface area (Å²) in [5, 5.41) is 3.29. The maximum absolute atomic E-state index is 11.8. The Morgan fingerprint density at radius 3 is 3.09 bits per heavy atom. The van der Waals surface area contributed by atoms with Crippen molar-refractivity contribution in [2.24, 2.45) is 0 Å². The first-order valence-electron chi connectivity index (χ1n) is 6.89. The van der Waals surface area contributed by atoms with E-state index >= 15 is 0 Å². The molecule has 0 N–H and O–H groups in total. The summed E-state index contributed by atoms with van der Waals surface area (Å²) in [5.41, 5.74) is -1.53. The minimum Gasteiger partial charge on any atom is -0.244 e. The summed E-state index contributed by atoms with van der Waals surface area (Å²) >= 11 is 2.39. The molecule has 0 saturated carbocycles. The molecule has 11 heavy (non-hydrogen) atoms. The van der Waals surface area contributed by atoms with Crippen LogP contribution < -0.4 is 5.69 Å². The van der Waals surface area contributed by atoms with E-state index in [1.165, 1.54) is 0 Å². The van der Waals surface area contributed by atoms with Crippen LogP contribution >= 0.6 is 15.9 Å². The van der Waals surface area contributed by atoms with Gasteiger partial charge in [0.25, 0.3) is 0 Å². The zero-order valence-corrected chi connectivity index (χ0v) is 6.66. The zero-order valence-electron chi connectivity index (χ0n) is 14.1. The number of nitrogens with zero attached hydrogens (tertiary/aromatic N) is 4. The standard InChI is InChI=1S/C5H9BrN4O/c1-2-9-5(11)10(4-3-6)8-7-9/h2-4H2,1H3/i1D3,2D2,3D2,4D2. The highest BCUT2D eigenvalue weighted by atomic mass is 79.9. The van der Waals surface area contributed by atoms with Crippen molar-refractivity contribution >= 4 is 15.9 Å². The molecule has 0 aromatic carbocycles. The number of hydrogen-bond acceptors (Lipinski definition) is 3. The van der Waals surface area contributed by atoms with Gasteiger partial charge < -0.3 is 0 Å². The molecule has 0 aliphatic carbocycles. The Morgan fingerprint density at radius 2 is 2.45 bits per heavy atom. The highest BCUT2D eigenvalue weighted by Crippen LogP contribution is 1.81. The fraction of sp³-hybridized carbons (Fsp3) is 0.800. The third kappa shape index (κ3) is 1.68. The third-order valence-electron chi connectivity index (χ3n) is 0.835. The molecule has 0 unspecified atom stereocenters. The normalized spacial score (nSPS) is 27.5. The molecule has 0 bridgehead atoms. The van der Waals surface area contributed by atoms with Crippen LogP contribution in [-0.2, 0) is 13.0 Å². The molecule has 0 radical (unpaired) electrons. The summed E-state index contributed by atoms with van der Waals surface area (Å²) in [6.07, 6.45) is 0. The van der Waals surface area contributed by atoms with Crippen molar-refractivity contribution in [2.45, 2.75) is 19.8 Å². The van der Waals surface area contributed by atoms with Crippen LogP contribution in [0.15, 0.2) is 4.79 Å². The average molecular weight is 230 g/mol. The van der Waals surface area contributed by atoms with Crippen LogP contribution in [0.2, 0.25) is 0 Å². The Labute approximate surface area is 84.8 Å². The lowest BCUT2D eigenvalue weighted by molar-refractivity contribution is 0.609. The monoisotopic (exact) mass is 229 g/mol. The Kier molecular flexibility index (Phi) is 0.804. The van der Waals surface area contributed by atoms with Crippen molar-refractivity contribution in [1.82, 2.24) is 19.8 Å². The van der Waals surface area contributed by atoms with Crippen LogP contribution in [0.5, 0.6) is 0 Å². The second kappa shape index (κ2) is 3.66. The van der Waals surface area contributed by atoms with Crippen molar-refractivity contribution in [3.63, 3.8) is 0 Å². The predicted molar refractivity (Wildman–Crippen MR) is 43.7 cm³/mol. The average Bonchev–Trinajstić information content (AvgIpc) is 2.57.